The van der Waals surface area contributed by atoms with E-state index in [-0.39, 0.29) is 5.91 Å². The molecule has 3 heterocycles. The first-order valence-electron chi connectivity index (χ1n) is 8.85. The summed E-state index contributed by atoms with van der Waals surface area (Å²) in [6.45, 7) is 9.70. The molecule has 23 heavy (non-hydrogen) atoms. The van der Waals surface area contributed by atoms with Crippen LogP contribution in [0.4, 0.5) is 0 Å². The summed E-state index contributed by atoms with van der Waals surface area (Å²) in [6.07, 6.45) is 2.29. The molecule has 132 valence electrons. The number of piperidine rings is 1. The molecule has 0 aromatic carbocycles. The summed E-state index contributed by atoms with van der Waals surface area (Å²) in [6, 6.07) is 0.643. The molecule has 3 rings (SSSR count). The maximum absolute atomic E-state index is 12.5. The summed E-state index contributed by atoms with van der Waals surface area (Å²) in [4.78, 5) is 19.3. The van der Waals surface area contributed by atoms with Gasteiger partial charge in [0.25, 0.3) is 0 Å². The molecule has 3 aliphatic heterocycles. The summed E-state index contributed by atoms with van der Waals surface area (Å²) >= 11 is 0. The first-order valence-corrected chi connectivity index (χ1v) is 8.85. The highest BCUT2D eigenvalue weighted by Crippen LogP contribution is 2.17. The molecule has 0 aliphatic carbocycles. The van der Waals surface area contributed by atoms with Gasteiger partial charge in [-0.3, -0.25) is 26.3 Å². The molecule has 0 saturated carbocycles. The number of amides is 1. The third-order valence-corrected chi connectivity index (χ3v) is 5.45. The fourth-order valence-electron chi connectivity index (χ4n) is 3.80. The van der Waals surface area contributed by atoms with E-state index in [0.29, 0.717) is 12.6 Å². The van der Waals surface area contributed by atoms with Crippen LogP contribution in [-0.4, -0.2) is 109 Å². The summed E-state index contributed by atoms with van der Waals surface area (Å²) in [7, 11) is 0. The number of nitrogens with two attached hydrogens (primary N) is 2. The molecular weight excluding hydrogens is 294 g/mol. The Morgan fingerprint density at radius 2 is 1.35 bits per heavy atom. The average molecular weight is 325 g/mol. The zero-order valence-electron chi connectivity index (χ0n) is 14.1. The van der Waals surface area contributed by atoms with Gasteiger partial charge in [0.05, 0.1) is 6.54 Å². The van der Waals surface area contributed by atoms with Crippen LogP contribution >= 0.6 is 0 Å². The lowest BCUT2D eigenvalue weighted by molar-refractivity contribution is -0.135. The van der Waals surface area contributed by atoms with Crippen molar-refractivity contribution in [2.75, 3.05) is 72.0 Å². The molecule has 0 aromatic rings. The molecule has 1 amide bonds. The number of hydrogen-bond acceptors (Lipinski definition) is 7. The zero-order valence-corrected chi connectivity index (χ0v) is 14.1. The average Bonchev–Trinajstić information content (AvgIpc) is 2.58. The van der Waals surface area contributed by atoms with Gasteiger partial charge in [-0.25, -0.2) is 10.0 Å². The lowest BCUT2D eigenvalue weighted by Crippen LogP contribution is -2.57. The number of carbonyl (C=O) groups is 1. The number of hydrazine groups is 2. The lowest BCUT2D eigenvalue weighted by Gasteiger charge is -2.42. The Bertz CT molecular complexity index is 383. The van der Waals surface area contributed by atoms with Gasteiger partial charge < -0.3 is 4.90 Å². The number of rotatable bonds is 3. The predicted octanol–water partition coefficient (Wildman–Crippen LogP) is -2.04. The van der Waals surface area contributed by atoms with Crippen molar-refractivity contribution in [2.45, 2.75) is 18.9 Å². The van der Waals surface area contributed by atoms with Crippen molar-refractivity contribution >= 4 is 5.91 Å². The van der Waals surface area contributed by atoms with E-state index in [1.165, 1.54) is 0 Å². The number of hydrogen-bond donors (Lipinski definition) is 2. The summed E-state index contributed by atoms with van der Waals surface area (Å²) in [5.41, 5.74) is 0. The second-order valence-corrected chi connectivity index (χ2v) is 7.00. The molecule has 0 bridgehead atoms. The van der Waals surface area contributed by atoms with E-state index in [1.54, 1.807) is 0 Å². The Balaban J connectivity index is 1.39. The van der Waals surface area contributed by atoms with Crippen LogP contribution in [0.15, 0.2) is 0 Å². The van der Waals surface area contributed by atoms with Gasteiger partial charge in [-0.1, -0.05) is 0 Å². The highest BCUT2D eigenvalue weighted by molar-refractivity contribution is 5.78. The van der Waals surface area contributed by atoms with E-state index in [1.807, 2.05) is 14.9 Å². The molecule has 0 unspecified atom stereocenters. The van der Waals surface area contributed by atoms with Crippen molar-refractivity contribution in [3.8, 4) is 0 Å². The molecule has 0 spiro atoms. The lowest BCUT2D eigenvalue weighted by atomic mass is 10.0. The predicted molar refractivity (Wildman–Crippen MR) is 89.1 cm³/mol. The standard InChI is InChI=1S/C15H31N7O/c16-21-3-1-14(2-4-21)19-7-9-20(10-8-19)15(23)13-18-5-11-22(17)12-6-18/h14H,1-13,16-17H2. The molecule has 3 aliphatic rings. The SMILES string of the molecule is NN1CCC(N2CCN(C(=O)CN3CCN(N)CC3)CC2)CC1. The Morgan fingerprint density at radius 3 is 1.96 bits per heavy atom. The van der Waals surface area contributed by atoms with Crippen molar-refractivity contribution < 1.29 is 4.79 Å². The van der Waals surface area contributed by atoms with Gasteiger partial charge in [-0.05, 0) is 12.8 Å². The van der Waals surface area contributed by atoms with Crippen LogP contribution in [0.1, 0.15) is 12.8 Å². The van der Waals surface area contributed by atoms with Crippen molar-refractivity contribution in [3.05, 3.63) is 0 Å². The fraction of sp³-hybridized carbons (Fsp3) is 0.933. The molecular formula is C15H31N7O. The highest BCUT2D eigenvalue weighted by atomic mass is 16.2. The fourth-order valence-corrected chi connectivity index (χ4v) is 3.80. The zero-order chi connectivity index (χ0) is 16.2. The van der Waals surface area contributed by atoms with Crippen LogP contribution in [-0.2, 0) is 4.79 Å². The first kappa shape index (κ1) is 17.1. The Kier molecular flexibility index (Phi) is 5.84. The van der Waals surface area contributed by atoms with Crippen LogP contribution in [0.2, 0.25) is 0 Å². The van der Waals surface area contributed by atoms with Crippen LogP contribution in [0, 0.1) is 0 Å². The minimum atomic E-state index is 0.270. The largest absolute Gasteiger partial charge is 0.339 e. The minimum absolute atomic E-state index is 0.270. The van der Waals surface area contributed by atoms with E-state index in [2.05, 4.69) is 9.80 Å². The quantitative estimate of drug-likeness (QED) is 0.578. The molecule has 8 nitrogen and oxygen atoms in total. The van der Waals surface area contributed by atoms with Crippen molar-refractivity contribution in [3.63, 3.8) is 0 Å². The monoisotopic (exact) mass is 325 g/mol. The van der Waals surface area contributed by atoms with Crippen LogP contribution in [0.5, 0.6) is 0 Å². The molecule has 8 heteroatoms. The number of piperazine rings is 2. The molecule has 0 radical (unpaired) electrons. The van der Waals surface area contributed by atoms with E-state index in [9.17, 15) is 4.79 Å². The van der Waals surface area contributed by atoms with Crippen LogP contribution in [0.3, 0.4) is 0 Å². The number of carbonyl (C=O) groups excluding carboxylic acids is 1. The van der Waals surface area contributed by atoms with Crippen molar-refractivity contribution in [1.82, 2.24) is 24.7 Å². The maximum atomic E-state index is 12.5. The smallest absolute Gasteiger partial charge is 0.236 e. The van der Waals surface area contributed by atoms with Gasteiger partial charge in [0.15, 0.2) is 0 Å². The van der Waals surface area contributed by atoms with Crippen LogP contribution < -0.4 is 11.7 Å². The summed E-state index contributed by atoms with van der Waals surface area (Å²) in [5, 5.41) is 3.74. The third kappa shape index (κ3) is 4.62. The Labute approximate surface area is 138 Å². The molecule has 0 aromatic heterocycles. The normalized spacial score (nSPS) is 27.5. The van der Waals surface area contributed by atoms with E-state index >= 15 is 0 Å². The van der Waals surface area contributed by atoms with Crippen molar-refractivity contribution in [2.24, 2.45) is 11.7 Å². The summed E-state index contributed by atoms with van der Waals surface area (Å²) < 4.78 is 0. The van der Waals surface area contributed by atoms with Gasteiger partial charge in [0.2, 0.25) is 5.91 Å². The third-order valence-electron chi connectivity index (χ3n) is 5.45. The first-order chi connectivity index (χ1) is 11.1. The minimum Gasteiger partial charge on any atom is -0.339 e. The highest BCUT2D eigenvalue weighted by Gasteiger charge is 2.29. The van der Waals surface area contributed by atoms with Gasteiger partial charge in [-0.2, -0.15) is 0 Å². The number of nitrogens with zero attached hydrogens (tertiary/aromatic N) is 5. The van der Waals surface area contributed by atoms with Crippen LogP contribution in [0.25, 0.3) is 0 Å². The molecule has 4 N–H and O–H groups in total. The van der Waals surface area contributed by atoms with Gasteiger partial charge >= 0.3 is 0 Å². The Hall–Kier alpha value is -0.770. The second kappa shape index (κ2) is 7.87. The topological polar surface area (TPSA) is 85.3 Å². The van der Waals surface area contributed by atoms with E-state index < -0.39 is 0 Å². The second-order valence-electron chi connectivity index (χ2n) is 7.00. The van der Waals surface area contributed by atoms with E-state index in [0.717, 1.165) is 78.3 Å². The van der Waals surface area contributed by atoms with Crippen molar-refractivity contribution in [1.29, 1.82) is 0 Å². The Morgan fingerprint density at radius 1 is 0.783 bits per heavy atom. The van der Waals surface area contributed by atoms with Gasteiger partial charge in [-0.15, -0.1) is 0 Å². The van der Waals surface area contributed by atoms with Gasteiger partial charge in [0.1, 0.15) is 0 Å². The van der Waals surface area contributed by atoms with Gasteiger partial charge in [0, 0.05) is 71.5 Å². The summed E-state index contributed by atoms with van der Waals surface area (Å²) in [5.74, 6) is 11.9. The molecule has 3 saturated heterocycles. The van der Waals surface area contributed by atoms with E-state index in [4.69, 9.17) is 11.7 Å². The molecule has 0 atom stereocenters. The maximum Gasteiger partial charge on any atom is 0.236 e. The molecule has 3 fully saturated rings.